The molecule has 32 heavy (non-hydrogen) atoms. The first-order valence-corrected chi connectivity index (χ1v) is 10.7. The highest BCUT2D eigenvalue weighted by Crippen LogP contribution is 2.26. The molecule has 168 valence electrons. The molecular weight excluding hydrogens is 480 g/mol. The van der Waals surface area contributed by atoms with Gasteiger partial charge in [-0.05, 0) is 61.7 Å². The maximum Gasteiger partial charge on any atom is 0.338 e. The van der Waals surface area contributed by atoms with Gasteiger partial charge in [-0.2, -0.15) is 0 Å². The molecule has 1 aliphatic heterocycles. The van der Waals surface area contributed by atoms with Gasteiger partial charge in [-0.3, -0.25) is 19.3 Å². The second-order valence-electron chi connectivity index (χ2n) is 7.42. The number of aryl methyl sites for hydroxylation is 2. The fourth-order valence-corrected chi connectivity index (χ4v) is 3.65. The van der Waals surface area contributed by atoms with Gasteiger partial charge >= 0.3 is 5.97 Å². The fraction of sp³-hybridized carbons (Fsp3) is 0.304. The van der Waals surface area contributed by atoms with Crippen LogP contribution in [-0.4, -0.2) is 55.5 Å². The number of hydrogen-bond donors (Lipinski definition) is 1. The molecule has 2 aromatic carbocycles. The number of nitrogens with one attached hydrogen (secondary N) is 1. The Kier molecular flexibility index (Phi) is 7.42. The number of methoxy groups -OCH3 is 1. The number of ether oxygens (including phenoxy) is 2. The Hall–Kier alpha value is -3.04. The molecule has 3 rings (SSSR count). The molecule has 0 fully saturated rings. The van der Waals surface area contributed by atoms with Gasteiger partial charge < -0.3 is 14.8 Å². The number of halogens is 1. The Balaban J connectivity index is 1.62. The monoisotopic (exact) mass is 502 g/mol. The lowest BCUT2D eigenvalue weighted by atomic mass is 10.1. The Bertz CT molecular complexity index is 1070. The number of benzene rings is 2. The number of fused-ring (bicyclic) bond motifs is 1. The van der Waals surface area contributed by atoms with Crippen molar-refractivity contribution in [2.45, 2.75) is 20.3 Å². The SMILES string of the molecule is COCCCN1C(=O)c2ccc(C(=O)OCC(=O)Nc3cc(C)c(Br)c(C)c3)cc2C1=O. The summed E-state index contributed by atoms with van der Waals surface area (Å²) in [7, 11) is 1.54. The van der Waals surface area contributed by atoms with Crippen LogP contribution in [0.4, 0.5) is 5.69 Å². The Morgan fingerprint density at radius 2 is 1.69 bits per heavy atom. The normalized spacial score (nSPS) is 12.7. The molecule has 0 saturated carbocycles. The number of hydrogen-bond acceptors (Lipinski definition) is 6. The van der Waals surface area contributed by atoms with E-state index in [-0.39, 0.29) is 23.2 Å². The lowest BCUT2D eigenvalue weighted by Gasteiger charge is -2.12. The van der Waals surface area contributed by atoms with E-state index in [1.54, 1.807) is 19.2 Å². The molecule has 2 aromatic rings. The van der Waals surface area contributed by atoms with Gasteiger partial charge in [0.15, 0.2) is 6.61 Å². The summed E-state index contributed by atoms with van der Waals surface area (Å²) in [4.78, 5) is 50.7. The van der Waals surface area contributed by atoms with Crippen molar-refractivity contribution in [3.8, 4) is 0 Å². The predicted molar refractivity (Wildman–Crippen MR) is 121 cm³/mol. The molecule has 0 saturated heterocycles. The molecular formula is C23H23BrN2O6. The molecule has 0 aliphatic carbocycles. The van der Waals surface area contributed by atoms with Crippen molar-refractivity contribution in [1.82, 2.24) is 4.90 Å². The maximum absolute atomic E-state index is 12.6. The van der Waals surface area contributed by atoms with Crippen LogP contribution in [0, 0.1) is 13.8 Å². The highest BCUT2D eigenvalue weighted by atomic mass is 79.9. The van der Waals surface area contributed by atoms with E-state index in [1.807, 2.05) is 13.8 Å². The number of nitrogens with zero attached hydrogens (tertiary/aromatic N) is 1. The first kappa shape index (κ1) is 23.6. The van der Waals surface area contributed by atoms with Crippen molar-refractivity contribution < 1.29 is 28.7 Å². The number of imide groups is 1. The van der Waals surface area contributed by atoms with Gasteiger partial charge in [0.25, 0.3) is 17.7 Å². The second kappa shape index (κ2) is 10.1. The fourth-order valence-electron chi connectivity index (χ4n) is 3.42. The number of amides is 3. The summed E-state index contributed by atoms with van der Waals surface area (Å²) in [6.45, 7) is 3.98. The highest BCUT2D eigenvalue weighted by molar-refractivity contribution is 9.10. The van der Waals surface area contributed by atoms with Crippen LogP contribution >= 0.6 is 15.9 Å². The summed E-state index contributed by atoms with van der Waals surface area (Å²) in [5.74, 6) is -2.12. The minimum Gasteiger partial charge on any atom is -0.452 e. The van der Waals surface area contributed by atoms with Crippen LogP contribution in [0.1, 0.15) is 48.6 Å². The zero-order chi connectivity index (χ0) is 23.4. The molecule has 0 aromatic heterocycles. The lowest BCUT2D eigenvalue weighted by Crippen LogP contribution is -2.31. The minimum atomic E-state index is -0.760. The predicted octanol–water partition coefficient (Wildman–Crippen LogP) is 3.49. The molecule has 0 unspecified atom stereocenters. The second-order valence-corrected chi connectivity index (χ2v) is 8.21. The van der Waals surface area contributed by atoms with Gasteiger partial charge in [0.05, 0.1) is 16.7 Å². The van der Waals surface area contributed by atoms with Crippen molar-refractivity contribution in [1.29, 1.82) is 0 Å². The number of esters is 1. The third-order valence-corrected chi connectivity index (χ3v) is 6.24. The van der Waals surface area contributed by atoms with Crippen molar-refractivity contribution in [3.63, 3.8) is 0 Å². The third kappa shape index (κ3) is 5.05. The highest BCUT2D eigenvalue weighted by Gasteiger charge is 2.35. The van der Waals surface area contributed by atoms with E-state index in [9.17, 15) is 19.2 Å². The first-order valence-electron chi connectivity index (χ1n) is 9.95. The van der Waals surface area contributed by atoms with Gasteiger partial charge in [-0.15, -0.1) is 0 Å². The molecule has 3 amide bonds. The molecule has 1 heterocycles. The zero-order valence-corrected chi connectivity index (χ0v) is 19.6. The van der Waals surface area contributed by atoms with Gasteiger partial charge in [0.1, 0.15) is 0 Å². The van der Waals surface area contributed by atoms with Crippen molar-refractivity contribution in [3.05, 3.63) is 62.6 Å². The zero-order valence-electron chi connectivity index (χ0n) is 18.0. The average Bonchev–Trinajstić information content (AvgIpc) is 3.00. The van der Waals surface area contributed by atoms with Crippen LogP contribution in [0.15, 0.2) is 34.8 Å². The van der Waals surface area contributed by atoms with E-state index < -0.39 is 30.3 Å². The quantitative estimate of drug-likeness (QED) is 0.336. The van der Waals surface area contributed by atoms with Crippen LogP contribution in [-0.2, 0) is 14.3 Å². The maximum atomic E-state index is 12.6. The van der Waals surface area contributed by atoms with E-state index in [4.69, 9.17) is 9.47 Å². The molecule has 0 radical (unpaired) electrons. The molecule has 1 aliphatic rings. The van der Waals surface area contributed by atoms with E-state index >= 15 is 0 Å². The summed E-state index contributed by atoms with van der Waals surface area (Å²) in [6.07, 6.45) is 0.517. The van der Waals surface area contributed by atoms with Crippen LogP contribution in [0.3, 0.4) is 0 Å². The largest absolute Gasteiger partial charge is 0.452 e. The van der Waals surface area contributed by atoms with E-state index in [1.165, 1.54) is 18.2 Å². The minimum absolute atomic E-state index is 0.0896. The van der Waals surface area contributed by atoms with E-state index in [2.05, 4.69) is 21.2 Å². The Labute approximate surface area is 194 Å². The number of anilines is 1. The smallest absolute Gasteiger partial charge is 0.338 e. The Morgan fingerprint density at radius 3 is 2.34 bits per heavy atom. The average molecular weight is 503 g/mol. The molecule has 9 heteroatoms. The van der Waals surface area contributed by atoms with Crippen LogP contribution in [0.25, 0.3) is 0 Å². The topological polar surface area (TPSA) is 102 Å². The van der Waals surface area contributed by atoms with Crippen molar-refractivity contribution in [2.75, 3.05) is 32.2 Å². The molecule has 0 spiro atoms. The number of carbonyl (C=O) groups excluding carboxylic acids is 4. The van der Waals surface area contributed by atoms with E-state index in [0.29, 0.717) is 18.7 Å². The standard InChI is InChI=1S/C23H23BrN2O6/c1-13-9-16(10-14(2)20(13)24)25-19(27)12-32-23(30)15-5-6-17-18(11-15)22(29)26(21(17)28)7-4-8-31-3/h5-6,9-11H,4,7-8,12H2,1-3H3,(H,25,27). The molecule has 0 bridgehead atoms. The third-order valence-electron chi connectivity index (χ3n) is 4.99. The summed E-state index contributed by atoms with van der Waals surface area (Å²) in [5.41, 5.74) is 3.00. The molecule has 1 N–H and O–H groups in total. The van der Waals surface area contributed by atoms with E-state index in [0.717, 1.165) is 20.5 Å². The van der Waals surface area contributed by atoms with Gasteiger partial charge in [0, 0.05) is 30.4 Å². The molecule has 8 nitrogen and oxygen atoms in total. The van der Waals surface area contributed by atoms with Crippen LogP contribution in [0.2, 0.25) is 0 Å². The first-order chi connectivity index (χ1) is 15.2. The van der Waals surface area contributed by atoms with Crippen molar-refractivity contribution >= 4 is 45.3 Å². The summed E-state index contributed by atoms with van der Waals surface area (Å²) in [5, 5.41) is 2.69. The van der Waals surface area contributed by atoms with Gasteiger partial charge in [-0.1, -0.05) is 15.9 Å². The number of rotatable bonds is 8. The lowest BCUT2D eigenvalue weighted by molar-refractivity contribution is -0.119. The summed E-state index contributed by atoms with van der Waals surface area (Å²) >= 11 is 3.47. The van der Waals surface area contributed by atoms with Crippen molar-refractivity contribution in [2.24, 2.45) is 0 Å². The molecule has 0 atom stereocenters. The van der Waals surface area contributed by atoms with Crippen LogP contribution in [0.5, 0.6) is 0 Å². The van der Waals surface area contributed by atoms with Gasteiger partial charge in [0.2, 0.25) is 0 Å². The van der Waals surface area contributed by atoms with Gasteiger partial charge in [-0.25, -0.2) is 4.79 Å². The van der Waals surface area contributed by atoms with Crippen LogP contribution < -0.4 is 5.32 Å². The number of carbonyl (C=O) groups is 4. The Morgan fingerprint density at radius 1 is 1.03 bits per heavy atom. The summed E-state index contributed by atoms with van der Waals surface area (Å²) < 4.78 is 11.0. The summed E-state index contributed by atoms with van der Waals surface area (Å²) in [6, 6.07) is 7.77.